The van der Waals surface area contributed by atoms with Gasteiger partial charge in [-0.25, -0.2) is 0 Å². The zero-order chi connectivity index (χ0) is 22.3. The van der Waals surface area contributed by atoms with E-state index in [1.54, 1.807) is 31.2 Å². The maximum atomic E-state index is 13.1. The predicted molar refractivity (Wildman–Crippen MR) is 121 cm³/mol. The molecule has 0 saturated carbocycles. The van der Waals surface area contributed by atoms with Gasteiger partial charge in [0.2, 0.25) is 5.91 Å². The normalized spacial score (nSPS) is 12.7. The molecule has 0 aliphatic heterocycles. The molecule has 0 fully saturated rings. The highest BCUT2D eigenvalue weighted by molar-refractivity contribution is 6.36. The lowest BCUT2D eigenvalue weighted by atomic mass is 10.1. The molecule has 0 saturated heterocycles. The Hall–Kier alpha value is -2.24. The molecule has 30 heavy (non-hydrogen) atoms. The van der Waals surface area contributed by atoms with Crippen molar-refractivity contribution in [3.63, 3.8) is 0 Å². The first kappa shape index (κ1) is 24.0. The Morgan fingerprint density at radius 2 is 1.73 bits per heavy atom. The predicted octanol–water partition coefficient (Wildman–Crippen LogP) is 5.01. The van der Waals surface area contributed by atoms with Gasteiger partial charge in [0.1, 0.15) is 11.8 Å². The number of carbonyl (C=O) groups excluding carboxylic acids is 2. The zero-order valence-electron chi connectivity index (χ0n) is 17.7. The molecule has 0 bridgehead atoms. The first-order valence-corrected chi connectivity index (χ1v) is 10.7. The monoisotopic (exact) mass is 450 g/mol. The molecule has 2 rings (SSSR count). The van der Waals surface area contributed by atoms with Gasteiger partial charge in [-0.1, -0.05) is 48.3 Å². The van der Waals surface area contributed by atoms with Gasteiger partial charge in [-0.05, 0) is 57.0 Å². The molecule has 0 heterocycles. The van der Waals surface area contributed by atoms with Crippen LogP contribution < -0.4 is 10.1 Å². The van der Waals surface area contributed by atoms with Crippen LogP contribution in [0, 0.1) is 6.92 Å². The fourth-order valence-corrected chi connectivity index (χ4v) is 3.35. The van der Waals surface area contributed by atoms with Crippen molar-refractivity contribution in [1.29, 1.82) is 0 Å². The topological polar surface area (TPSA) is 58.6 Å². The summed E-state index contributed by atoms with van der Waals surface area (Å²) < 4.78 is 5.67. The summed E-state index contributed by atoms with van der Waals surface area (Å²) in [7, 11) is 0. The van der Waals surface area contributed by atoms with Crippen molar-refractivity contribution in [1.82, 2.24) is 10.2 Å². The van der Waals surface area contributed by atoms with Crippen LogP contribution in [0.4, 0.5) is 0 Å². The van der Waals surface area contributed by atoms with Crippen molar-refractivity contribution >= 4 is 35.0 Å². The molecule has 2 aromatic rings. The Bertz CT molecular complexity index is 868. The summed E-state index contributed by atoms with van der Waals surface area (Å²) in [6, 6.07) is 11.9. The molecule has 0 aromatic heterocycles. The fraction of sp³-hybridized carbons (Fsp3) is 0.391. The Kier molecular flexibility index (Phi) is 9.00. The highest BCUT2D eigenvalue weighted by Gasteiger charge is 2.28. The lowest BCUT2D eigenvalue weighted by molar-refractivity contribution is -0.142. The second-order valence-corrected chi connectivity index (χ2v) is 8.14. The molecule has 0 spiro atoms. The van der Waals surface area contributed by atoms with Gasteiger partial charge in [-0.15, -0.1) is 0 Å². The van der Waals surface area contributed by atoms with Crippen molar-refractivity contribution < 1.29 is 14.3 Å². The summed E-state index contributed by atoms with van der Waals surface area (Å²) in [6.45, 7) is 7.44. The standard InChI is InChI=1S/C23H28Cl2N2O3/c1-5-16(3)26-23(29)17(4)27(13-19-20(24)10-7-11-21(19)25)22(28)14-30-18-9-6-8-15(2)12-18/h6-12,16-17H,5,13-14H2,1-4H3,(H,26,29)/t16-,17+/m0/s1. The average Bonchev–Trinajstić information content (AvgIpc) is 2.71. The van der Waals surface area contributed by atoms with Crippen LogP contribution in [0.1, 0.15) is 38.3 Å². The minimum Gasteiger partial charge on any atom is -0.484 e. The molecule has 0 aliphatic carbocycles. The van der Waals surface area contributed by atoms with Gasteiger partial charge in [-0.3, -0.25) is 9.59 Å². The van der Waals surface area contributed by atoms with E-state index in [-0.39, 0.29) is 31.0 Å². The van der Waals surface area contributed by atoms with Gasteiger partial charge in [0.05, 0.1) is 0 Å². The third-order valence-electron chi connectivity index (χ3n) is 4.91. The van der Waals surface area contributed by atoms with E-state index in [4.69, 9.17) is 27.9 Å². The summed E-state index contributed by atoms with van der Waals surface area (Å²) >= 11 is 12.6. The molecule has 2 amide bonds. The van der Waals surface area contributed by atoms with Crippen LogP contribution in [0.15, 0.2) is 42.5 Å². The van der Waals surface area contributed by atoms with Crippen LogP contribution in [0.3, 0.4) is 0 Å². The third-order valence-corrected chi connectivity index (χ3v) is 5.62. The van der Waals surface area contributed by atoms with E-state index in [9.17, 15) is 9.59 Å². The second-order valence-electron chi connectivity index (χ2n) is 7.32. The van der Waals surface area contributed by atoms with E-state index in [2.05, 4.69) is 5.32 Å². The van der Waals surface area contributed by atoms with E-state index in [0.717, 1.165) is 12.0 Å². The Morgan fingerprint density at radius 1 is 1.10 bits per heavy atom. The van der Waals surface area contributed by atoms with Gasteiger partial charge < -0.3 is 15.0 Å². The van der Waals surface area contributed by atoms with E-state index in [0.29, 0.717) is 21.4 Å². The molecule has 2 aromatic carbocycles. The van der Waals surface area contributed by atoms with E-state index in [1.807, 2.05) is 39.0 Å². The third kappa shape index (κ3) is 6.64. The number of rotatable bonds is 9. The van der Waals surface area contributed by atoms with Crippen molar-refractivity contribution in [3.8, 4) is 5.75 Å². The van der Waals surface area contributed by atoms with Crippen molar-refractivity contribution in [2.75, 3.05) is 6.61 Å². The fourth-order valence-electron chi connectivity index (χ4n) is 2.83. The minimum absolute atomic E-state index is 0.00403. The van der Waals surface area contributed by atoms with Crippen LogP contribution in [0.5, 0.6) is 5.75 Å². The highest BCUT2D eigenvalue weighted by atomic mass is 35.5. The lowest BCUT2D eigenvalue weighted by Gasteiger charge is -2.30. The number of hydrogen-bond donors (Lipinski definition) is 1. The Morgan fingerprint density at radius 3 is 2.33 bits per heavy atom. The second kappa shape index (κ2) is 11.2. The molecular weight excluding hydrogens is 423 g/mol. The zero-order valence-corrected chi connectivity index (χ0v) is 19.3. The number of nitrogens with one attached hydrogen (secondary N) is 1. The number of nitrogens with zero attached hydrogens (tertiary/aromatic N) is 1. The number of aryl methyl sites for hydroxylation is 1. The maximum Gasteiger partial charge on any atom is 0.261 e. The molecule has 7 heteroatoms. The quantitative estimate of drug-likeness (QED) is 0.583. The lowest BCUT2D eigenvalue weighted by Crippen LogP contribution is -2.50. The molecule has 2 atom stereocenters. The number of amides is 2. The number of halogens is 2. The van der Waals surface area contributed by atoms with Crippen LogP contribution in [-0.4, -0.2) is 35.4 Å². The molecule has 1 N–H and O–H groups in total. The van der Waals surface area contributed by atoms with Crippen molar-refractivity contribution in [3.05, 3.63) is 63.6 Å². The SMILES string of the molecule is CC[C@H](C)NC(=O)[C@@H](C)N(Cc1c(Cl)cccc1Cl)C(=O)COc1cccc(C)c1. The minimum atomic E-state index is -0.722. The van der Waals surface area contributed by atoms with E-state index >= 15 is 0 Å². The first-order valence-electron chi connectivity index (χ1n) is 9.95. The van der Waals surface area contributed by atoms with Crippen LogP contribution in [-0.2, 0) is 16.1 Å². The smallest absolute Gasteiger partial charge is 0.261 e. The van der Waals surface area contributed by atoms with Gasteiger partial charge in [0, 0.05) is 28.2 Å². The summed E-state index contributed by atoms with van der Waals surface area (Å²) in [5.41, 5.74) is 1.62. The molecule has 0 unspecified atom stereocenters. The molecular formula is C23H28Cl2N2O3. The van der Waals surface area contributed by atoms with Crippen LogP contribution in [0.2, 0.25) is 10.0 Å². The van der Waals surface area contributed by atoms with Crippen LogP contribution >= 0.6 is 23.2 Å². The Balaban J connectivity index is 2.22. The number of ether oxygens (including phenoxy) is 1. The molecule has 0 aliphatic rings. The summed E-state index contributed by atoms with van der Waals surface area (Å²) in [4.78, 5) is 27.2. The van der Waals surface area contributed by atoms with Crippen molar-refractivity contribution in [2.45, 2.75) is 52.7 Å². The van der Waals surface area contributed by atoms with Gasteiger partial charge in [0.25, 0.3) is 5.91 Å². The largest absolute Gasteiger partial charge is 0.484 e. The average molecular weight is 451 g/mol. The number of benzene rings is 2. The highest BCUT2D eigenvalue weighted by Crippen LogP contribution is 2.26. The van der Waals surface area contributed by atoms with Gasteiger partial charge >= 0.3 is 0 Å². The summed E-state index contributed by atoms with van der Waals surface area (Å²) in [6.07, 6.45) is 0.791. The van der Waals surface area contributed by atoms with Gasteiger partial charge in [-0.2, -0.15) is 0 Å². The molecule has 162 valence electrons. The molecule has 0 radical (unpaired) electrons. The first-order chi connectivity index (χ1) is 14.2. The van der Waals surface area contributed by atoms with Crippen molar-refractivity contribution in [2.24, 2.45) is 0 Å². The maximum absolute atomic E-state index is 13.1. The van der Waals surface area contributed by atoms with E-state index < -0.39 is 6.04 Å². The molecule has 5 nitrogen and oxygen atoms in total. The number of carbonyl (C=O) groups is 2. The summed E-state index contributed by atoms with van der Waals surface area (Å²) in [5, 5.41) is 3.80. The number of hydrogen-bond acceptors (Lipinski definition) is 3. The summed E-state index contributed by atoms with van der Waals surface area (Å²) in [5.74, 6) is 0.0199. The Labute approximate surface area is 188 Å². The van der Waals surface area contributed by atoms with E-state index in [1.165, 1.54) is 4.90 Å². The van der Waals surface area contributed by atoms with Crippen LogP contribution in [0.25, 0.3) is 0 Å². The van der Waals surface area contributed by atoms with Gasteiger partial charge in [0.15, 0.2) is 6.61 Å².